The van der Waals surface area contributed by atoms with Crippen LogP contribution >= 0.6 is 0 Å². The second-order valence-electron chi connectivity index (χ2n) is 5.71. The highest BCUT2D eigenvalue weighted by Crippen LogP contribution is 2.21. The van der Waals surface area contributed by atoms with Gasteiger partial charge in [-0.25, -0.2) is 8.42 Å². The van der Waals surface area contributed by atoms with Gasteiger partial charge in [0.1, 0.15) is 0 Å². The molecule has 2 saturated heterocycles. The summed E-state index contributed by atoms with van der Waals surface area (Å²) in [6, 6.07) is 0.350. The Balaban J connectivity index is 1.60. The summed E-state index contributed by atoms with van der Waals surface area (Å²) in [6.45, 7) is 2.61. The molecular formula is C13H22N4O3S. The van der Waals surface area contributed by atoms with Crippen molar-refractivity contribution in [1.29, 1.82) is 0 Å². The highest BCUT2D eigenvalue weighted by atomic mass is 32.2. The van der Waals surface area contributed by atoms with Crippen molar-refractivity contribution in [3.8, 4) is 0 Å². The van der Waals surface area contributed by atoms with Gasteiger partial charge in [-0.15, -0.1) is 0 Å². The molecule has 0 aliphatic carbocycles. The topological polar surface area (TPSA) is 85.2 Å². The van der Waals surface area contributed by atoms with E-state index in [9.17, 15) is 8.42 Å². The maximum Gasteiger partial charge on any atom is 0.235 e. The molecule has 2 N–H and O–H groups in total. The number of aromatic nitrogens is 2. The predicted octanol–water partition coefficient (Wildman–Crippen LogP) is 0.728. The van der Waals surface area contributed by atoms with E-state index < -0.39 is 10.0 Å². The van der Waals surface area contributed by atoms with E-state index in [-0.39, 0.29) is 11.9 Å². The largest absolute Gasteiger partial charge is 0.377 e. The molecule has 0 spiro atoms. The number of piperidine rings is 1. The maximum absolute atomic E-state index is 12.1. The normalized spacial score (nSPS) is 24.3. The second-order valence-corrected chi connectivity index (χ2v) is 7.48. The van der Waals surface area contributed by atoms with Crippen molar-refractivity contribution in [3.63, 3.8) is 0 Å². The average Bonchev–Trinajstić information content (AvgIpc) is 3.10. The van der Waals surface area contributed by atoms with Crippen LogP contribution in [0.4, 0.5) is 5.69 Å². The Bertz CT molecular complexity index is 560. The Labute approximate surface area is 125 Å². The van der Waals surface area contributed by atoms with Gasteiger partial charge in [-0.2, -0.15) is 5.10 Å². The molecule has 2 aliphatic rings. The summed E-state index contributed by atoms with van der Waals surface area (Å²) in [5.74, 6) is 0.0194. The number of sulfonamides is 1. The van der Waals surface area contributed by atoms with Gasteiger partial charge in [0.2, 0.25) is 10.0 Å². The van der Waals surface area contributed by atoms with Crippen LogP contribution in [0.25, 0.3) is 0 Å². The Kier molecular flexibility index (Phi) is 4.46. The summed E-state index contributed by atoms with van der Waals surface area (Å²) < 4.78 is 34.1. The second kappa shape index (κ2) is 6.33. The van der Waals surface area contributed by atoms with Gasteiger partial charge in [0, 0.05) is 12.8 Å². The number of nitrogens with one attached hydrogen (secondary N) is 2. The molecule has 7 nitrogen and oxygen atoms in total. The predicted molar refractivity (Wildman–Crippen MR) is 79.8 cm³/mol. The fraction of sp³-hybridized carbons (Fsp3) is 0.769. The first-order valence-electron chi connectivity index (χ1n) is 7.49. The highest BCUT2D eigenvalue weighted by Gasteiger charge is 2.24. The third-order valence-electron chi connectivity index (χ3n) is 3.99. The van der Waals surface area contributed by atoms with Crippen LogP contribution in [-0.2, 0) is 14.8 Å². The quantitative estimate of drug-likeness (QED) is 0.837. The molecule has 1 atom stereocenters. The first-order valence-corrected chi connectivity index (χ1v) is 9.14. The van der Waals surface area contributed by atoms with Crippen LogP contribution in [0.15, 0.2) is 12.4 Å². The summed E-state index contributed by atoms with van der Waals surface area (Å²) in [6.07, 6.45) is 6.97. The van der Waals surface area contributed by atoms with Gasteiger partial charge < -0.3 is 10.1 Å². The van der Waals surface area contributed by atoms with Crippen molar-refractivity contribution in [2.75, 3.05) is 30.2 Å². The molecule has 0 saturated carbocycles. The van der Waals surface area contributed by atoms with E-state index in [1.807, 2.05) is 4.68 Å². The molecule has 1 aromatic rings. The average molecular weight is 314 g/mol. The molecule has 2 aliphatic heterocycles. The van der Waals surface area contributed by atoms with Gasteiger partial charge in [0.25, 0.3) is 0 Å². The zero-order chi connectivity index (χ0) is 14.7. The summed E-state index contributed by atoms with van der Waals surface area (Å²) in [5.41, 5.74) is 0.534. The molecule has 0 aromatic carbocycles. The monoisotopic (exact) mass is 314 g/mol. The van der Waals surface area contributed by atoms with Crippen molar-refractivity contribution in [1.82, 2.24) is 15.1 Å². The van der Waals surface area contributed by atoms with E-state index in [4.69, 9.17) is 4.74 Å². The third-order valence-corrected chi connectivity index (χ3v) is 5.34. The van der Waals surface area contributed by atoms with Crippen molar-refractivity contribution in [2.45, 2.75) is 37.8 Å². The van der Waals surface area contributed by atoms with Gasteiger partial charge in [-0.3, -0.25) is 9.40 Å². The lowest BCUT2D eigenvalue weighted by Crippen LogP contribution is -2.29. The van der Waals surface area contributed by atoms with E-state index in [1.165, 1.54) is 0 Å². The Morgan fingerprint density at radius 1 is 1.38 bits per heavy atom. The molecular weight excluding hydrogens is 292 g/mol. The number of hydrogen-bond acceptors (Lipinski definition) is 5. The third kappa shape index (κ3) is 3.96. The Morgan fingerprint density at radius 2 is 2.19 bits per heavy atom. The van der Waals surface area contributed by atoms with Crippen molar-refractivity contribution >= 4 is 15.7 Å². The molecule has 8 heteroatoms. The molecule has 2 fully saturated rings. The van der Waals surface area contributed by atoms with E-state index in [0.29, 0.717) is 18.3 Å². The summed E-state index contributed by atoms with van der Waals surface area (Å²) in [4.78, 5) is 0. The smallest absolute Gasteiger partial charge is 0.235 e. The fourth-order valence-corrected chi connectivity index (χ4v) is 4.20. The van der Waals surface area contributed by atoms with Gasteiger partial charge in [0.15, 0.2) is 0 Å². The van der Waals surface area contributed by atoms with Gasteiger partial charge in [-0.1, -0.05) is 0 Å². The molecule has 118 valence electrons. The van der Waals surface area contributed by atoms with Crippen LogP contribution in [0.5, 0.6) is 0 Å². The lowest BCUT2D eigenvalue weighted by molar-refractivity contribution is 0.127. The van der Waals surface area contributed by atoms with Crippen LogP contribution in [0.3, 0.4) is 0 Å². The summed E-state index contributed by atoms with van der Waals surface area (Å²) in [7, 11) is -3.38. The number of nitrogens with zero attached hydrogens (tertiary/aromatic N) is 2. The minimum atomic E-state index is -3.38. The summed E-state index contributed by atoms with van der Waals surface area (Å²) >= 11 is 0. The van der Waals surface area contributed by atoms with E-state index in [2.05, 4.69) is 15.1 Å². The van der Waals surface area contributed by atoms with Crippen molar-refractivity contribution in [2.24, 2.45) is 0 Å². The molecule has 0 bridgehead atoms. The van der Waals surface area contributed by atoms with Gasteiger partial charge in [-0.05, 0) is 38.8 Å². The minimum Gasteiger partial charge on any atom is -0.377 e. The number of anilines is 1. The molecule has 21 heavy (non-hydrogen) atoms. The van der Waals surface area contributed by atoms with Gasteiger partial charge in [0.05, 0.1) is 29.8 Å². The lowest BCUT2D eigenvalue weighted by atomic mass is 10.1. The van der Waals surface area contributed by atoms with E-state index in [0.717, 1.165) is 38.8 Å². The van der Waals surface area contributed by atoms with Crippen LogP contribution in [0.1, 0.15) is 31.7 Å². The molecule has 1 aromatic heterocycles. The maximum atomic E-state index is 12.1. The standard InChI is InChI=1S/C13H22N4O3S/c18-21(19,10-13-2-1-7-20-13)16-11-8-15-17(9-11)12-3-5-14-6-4-12/h8-9,12-14,16H,1-7,10H2. The zero-order valence-corrected chi connectivity index (χ0v) is 12.8. The lowest BCUT2D eigenvalue weighted by Gasteiger charge is -2.22. The Morgan fingerprint density at radius 3 is 2.90 bits per heavy atom. The van der Waals surface area contributed by atoms with Crippen molar-refractivity contribution in [3.05, 3.63) is 12.4 Å². The van der Waals surface area contributed by atoms with Crippen LogP contribution in [-0.4, -0.2) is 49.8 Å². The zero-order valence-electron chi connectivity index (χ0n) is 12.0. The molecule has 3 rings (SSSR count). The van der Waals surface area contributed by atoms with Crippen LogP contribution < -0.4 is 10.0 Å². The van der Waals surface area contributed by atoms with E-state index >= 15 is 0 Å². The summed E-state index contributed by atoms with van der Waals surface area (Å²) in [5, 5.41) is 7.59. The number of ether oxygens (including phenoxy) is 1. The number of rotatable bonds is 5. The highest BCUT2D eigenvalue weighted by molar-refractivity contribution is 7.92. The Hall–Kier alpha value is -1.12. The van der Waals surface area contributed by atoms with E-state index in [1.54, 1.807) is 12.4 Å². The fourth-order valence-electron chi connectivity index (χ4n) is 2.90. The van der Waals surface area contributed by atoms with Crippen LogP contribution in [0, 0.1) is 0 Å². The molecule has 0 amide bonds. The molecule has 0 radical (unpaired) electrons. The van der Waals surface area contributed by atoms with Crippen LogP contribution in [0.2, 0.25) is 0 Å². The number of hydrogen-bond donors (Lipinski definition) is 2. The SMILES string of the molecule is O=S(=O)(CC1CCCO1)Nc1cnn(C2CCNCC2)c1. The first-order chi connectivity index (χ1) is 10.1. The molecule has 1 unspecified atom stereocenters. The first kappa shape index (κ1) is 14.8. The minimum absolute atomic E-state index is 0.0194. The molecule has 3 heterocycles. The van der Waals surface area contributed by atoms with Gasteiger partial charge >= 0.3 is 0 Å². The van der Waals surface area contributed by atoms with Crippen molar-refractivity contribution < 1.29 is 13.2 Å².